The largest absolute Gasteiger partial charge is 0.493 e. The van der Waals surface area contributed by atoms with Gasteiger partial charge in [-0.1, -0.05) is 52.0 Å². The molecule has 2 aliphatic rings. The Kier molecular flexibility index (Phi) is 14.5. The first kappa shape index (κ1) is 29.2. The van der Waals surface area contributed by atoms with E-state index in [-0.39, 0.29) is 6.04 Å². The minimum Gasteiger partial charge on any atom is -0.493 e. The summed E-state index contributed by atoms with van der Waals surface area (Å²) in [4.78, 5) is 0. The second kappa shape index (κ2) is 17.4. The zero-order valence-electron chi connectivity index (χ0n) is 22.6. The molecule has 0 bridgehead atoms. The van der Waals surface area contributed by atoms with Crippen molar-refractivity contribution in [2.24, 2.45) is 11.8 Å². The van der Waals surface area contributed by atoms with Crippen LogP contribution in [0.15, 0.2) is 48.5 Å². The summed E-state index contributed by atoms with van der Waals surface area (Å²) in [5.41, 5.74) is 9.25. The third-order valence-corrected chi connectivity index (χ3v) is 5.79. The van der Waals surface area contributed by atoms with Crippen molar-refractivity contribution < 1.29 is 14.2 Å². The van der Waals surface area contributed by atoms with Gasteiger partial charge in [0, 0.05) is 19.8 Å². The van der Waals surface area contributed by atoms with Gasteiger partial charge in [-0.15, -0.1) is 0 Å². The van der Waals surface area contributed by atoms with Crippen molar-refractivity contribution in [1.82, 2.24) is 10.9 Å². The second-order valence-electron chi connectivity index (χ2n) is 8.71. The van der Waals surface area contributed by atoms with E-state index in [2.05, 4.69) is 47.2 Å². The summed E-state index contributed by atoms with van der Waals surface area (Å²) in [6.07, 6.45) is 6.14. The molecule has 5 nitrogen and oxygen atoms in total. The molecule has 0 heterocycles. The summed E-state index contributed by atoms with van der Waals surface area (Å²) in [6, 6.07) is 16.9. The highest BCUT2D eigenvalue weighted by atomic mass is 16.5. The summed E-state index contributed by atoms with van der Waals surface area (Å²) in [5.74, 6) is 3.36. The van der Waals surface area contributed by atoms with Crippen molar-refractivity contribution in [3.05, 3.63) is 59.7 Å². The molecule has 2 aromatic carbocycles. The Balaban J connectivity index is 0.00000103. The standard InChI is InChI=1S/C26H36N2O3.2C2H6/c1-2-29-15-5-14-27-28-26(22-6-3-8-24(16-22)30-18-20-10-11-20)23-7-4-9-25(17-23)31-19-21-12-13-21;2*1-2/h3-4,6-9,16-17,20-21,26-28H,2,5,10-15,18-19H2,1H3;2*1-2H3. The lowest BCUT2D eigenvalue weighted by Gasteiger charge is -2.22. The van der Waals surface area contributed by atoms with E-state index >= 15 is 0 Å². The number of hydrogen-bond acceptors (Lipinski definition) is 5. The van der Waals surface area contributed by atoms with E-state index in [0.29, 0.717) is 0 Å². The van der Waals surface area contributed by atoms with Crippen molar-refractivity contribution in [3.8, 4) is 11.5 Å². The highest BCUT2D eigenvalue weighted by Gasteiger charge is 2.23. The Morgan fingerprint density at radius 3 is 1.77 bits per heavy atom. The molecule has 2 aromatic rings. The smallest absolute Gasteiger partial charge is 0.119 e. The predicted molar refractivity (Wildman–Crippen MR) is 146 cm³/mol. The molecular formula is C30H48N2O3. The molecule has 0 atom stereocenters. The Morgan fingerprint density at radius 2 is 1.31 bits per heavy atom. The van der Waals surface area contributed by atoms with Crippen LogP contribution in [-0.2, 0) is 4.74 Å². The van der Waals surface area contributed by atoms with Gasteiger partial charge in [0.15, 0.2) is 0 Å². The van der Waals surface area contributed by atoms with Crippen LogP contribution in [-0.4, -0.2) is 33.0 Å². The minimum atomic E-state index is 0.000966. The molecule has 0 spiro atoms. The van der Waals surface area contributed by atoms with E-state index in [1.807, 2.05) is 46.8 Å². The Hall–Kier alpha value is -2.08. The Labute approximate surface area is 213 Å². The highest BCUT2D eigenvalue weighted by Crippen LogP contribution is 2.32. The van der Waals surface area contributed by atoms with Crippen LogP contribution < -0.4 is 20.3 Å². The number of hydrazine groups is 1. The van der Waals surface area contributed by atoms with Crippen molar-refractivity contribution in [3.63, 3.8) is 0 Å². The average molecular weight is 485 g/mol. The summed E-state index contributed by atoms with van der Waals surface area (Å²) in [7, 11) is 0. The Bertz CT molecular complexity index is 746. The first-order valence-electron chi connectivity index (χ1n) is 13.8. The van der Waals surface area contributed by atoms with Gasteiger partial charge in [-0.3, -0.25) is 5.43 Å². The van der Waals surface area contributed by atoms with Gasteiger partial charge in [0.05, 0.1) is 19.3 Å². The SMILES string of the molecule is CC.CC.CCOCCCNNC(c1cccc(OCC2CC2)c1)c1cccc(OCC2CC2)c1. The lowest BCUT2D eigenvalue weighted by molar-refractivity contribution is 0.143. The van der Waals surface area contributed by atoms with E-state index in [4.69, 9.17) is 14.2 Å². The fraction of sp³-hybridized carbons (Fsp3) is 0.600. The van der Waals surface area contributed by atoms with Crippen molar-refractivity contribution >= 4 is 0 Å². The van der Waals surface area contributed by atoms with Crippen molar-refractivity contribution in [1.29, 1.82) is 0 Å². The molecule has 0 radical (unpaired) electrons. The second-order valence-corrected chi connectivity index (χ2v) is 8.71. The Morgan fingerprint density at radius 1 is 0.800 bits per heavy atom. The minimum absolute atomic E-state index is 0.000966. The number of hydrogen-bond donors (Lipinski definition) is 2. The maximum absolute atomic E-state index is 6.03. The summed E-state index contributed by atoms with van der Waals surface area (Å²) in [6.45, 7) is 14.0. The van der Waals surface area contributed by atoms with Gasteiger partial charge in [0.25, 0.3) is 0 Å². The van der Waals surface area contributed by atoms with Gasteiger partial charge in [-0.25, -0.2) is 5.43 Å². The average Bonchev–Trinajstić information content (AvgIpc) is 3.84. The van der Waals surface area contributed by atoms with Gasteiger partial charge in [0.2, 0.25) is 0 Å². The quantitative estimate of drug-likeness (QED) is 0.212. The van der Waals surface area contributed by atoms with Gasteiger partial charge < -0.3 is 14.2 Å². The van der Waals surface area contributed by atoms with Crippen LogP contribution in [0, 0.1) is 11.8 Å². The van der Waals surface area contributed by atoms with Gasteiger partial charge >= 0.3 is 0 Å². The molecular weight excluding hydrogens is 436 g/mol. The molecule has 4 rings (SSSR count). The summed E-state index contributed by atoms with van der Waals surface area (Å²) >= 11 is 0. The third-order valence-electron chi connectivity index (χ3n) is 5.79. The lowest BCUT2D eigenvalue weighted by atomic mass is 9.99. The zero-order chi connectivity index (χ0) is 25.3. The molecule has 0 aliphatic heterocycles. The number of nitrogens with one attached hydrogen (secondary N) is 2. The summed E-state index contributed by atoms with van der Waals surface area (Å²) < 4.78 is 17.5. The first-order valence-corrected chi connectivity index (χ1v) is 13.8. The molecule has 2 saturated carbocycles. The molecule has 0 amide bonds. The molecule has 0 unspecified atom stereocenters. The predicted octanol–water partition coefficient (Wildman–Crippen LogP) is 6.93. The van der Waals surface area contributed by atoms with Gasteiger partial charge in [-0.2, -0.15) is 0 Å². The maximum atomic E-state index is 6.03. The first-order chi connectivity index (χ1) is 17.3. The normalized spacial score (nSPS) is 14.5. The van der Waals surface area contributed by atoms with Crippen LogP contribution >= 0.6 is 0 Å². The van der Waals surface area contributed by atoms with E-state index in [1.165, 1.54) is 36.8 Å². The van der Waals surface area contributed by atoms with Crippen LogP contribution in [0.3, 0.4) is 0 Å². The van der Waals surface area contributed by atoms with Crippen LogP contribution in [0.25, 0.3) is 0 Å². The van der Waals surface area contributed by atoms with Crippen LogP contribution in [0.1, 0.15) is 83.9 Å². The van der Waals surface area contributed by atoms with Crippen LogP contribution in [0.4, 0.5) is 0 Å². The third kappa shape index (κ3) is 11.5. The maximum Gasteiger partial charge on any atom is 0.119 e. The van der Waals surface area contributed by atoms with Gasteiger partial charge in [-0.05, 0) is 86.3 Å². The molecule has 0 saturated heterocycles. The van der Waals surface area contributed by atoms with Gasteiger partial charge in [0.1, 0.15) is 11.5 Å². The molecule has 196 valence electrons. The molecule has 35 heavy (non-hydrogen) atoms. The molecule has 2 fully saturated rings. The number of rotatable bonds is 15. The van der Waals surface area contributed by atoms with Crippen molar-refractivity contribution in [2.45, 2.75) is 72.8 Å². The zero-order valence-corrected chi connectivity index (χ0v) is 22.6. The number of benzene rings is 2. The topological polar surface area (TPSA) is 51.8 Å². The number of ether oxygens (including phenoxy) is 3. The molecule has 5 heteroatoms. The fourth-order valence-corrected chi connectivity index (χ4v) is 3.51. The highest BCUT2D eigenvalue weighted by molar-refractivity contribution is 5.39. The summed E-state index contributed by atoms with van der Waals surface area (Å²) in [5, 5.41) is 0. The van der Waals surface area contributed by atoms with Crippen LogP contribution in [0.5, 0.6) is 11.5 Å². The van der Waals surface area contributed by atoms with Crippen molar-refractivity contribution in [2.75, 3.05) is 33.0 Å². The van der Waals surface area contributed by atoms with Crippen LogP contribution in [0.2, 0.25) is 0 Å². The molecule has 2 aliphatic carbocycles. The lowest BCUT2D eigenvalue weighted by Crippen LogP contribution is -2.37. The van der Waals surface area contributed by atoms with E-state index in [9.17, 15) is 0 Å². The van der Waals surface area contributed by atoms with E-state index in [0.717, 1.165) is 62.7 Å². The fourth-order valence-electron chi connectivity index (χ4n) is 3.51. The van der Waals surface area contributed by atoms with E-state index in [1.54, 1.807) is 0 Å². The molecule has 0 aromatic heterocycles. The monoisotopic (exact) mass is 484 g/mol. The molecule has 2 N–H and O–H groups in total. The van der Waals surface area contributed by atoms with E-state index < -0.39 is 0 Å².